The van der Waals surface area contributed by atoms with Gasteiger partial charge in [0.15, 0.2) is 0 Å². The van der Waals surface area contributed by atoms with Crippen molar-refractivity contribution in [1.29, 1.82) is 0 Å². The first-order valence-corrected chi connectivity index (χ1v) is 5.61. The average Bonchev–Trinajstić information content (AvgIpc) is 2.73. The summed E-state index contributed by atoms with van der Waals surface area (Å²) >= 11 is 0. The second kappa shape index (κ2) is 5.63. The molecular formula is C12H19N3O2. The number of amides is 1. The van der Waals surface area contributed by atoms with Crippen LogP contribution in [0.5, 0.6) is 0 Å². The summed E-state index contributed by atoms with van der Waals surface area (Å²) in [5, 5.41) is 15.8. The summed E-state index contributed by atoms with van der Waals surface area (Å²) < 4.78 is 1.79. The summed E-state index contributed by atoms with van der Waals surface area (Å²) in [7, 11) is 0. The van der Waals surface area contributed by atoms with E-state index in [1.807, 2.05) is 13.0 Å². The zero-order valence-corrected chi connectivity index (χ0v) is 10.5. The molecule has 0 aromatic carbocycles. The van der Waals surface area contributed by atoms with Crippen molar-refractivity contribution in [3.05, 3.63) is 24.0 Å². The van der Waals surface area contributed by atoms with Gasteiger partial charge >= 0.3 is 0 Å². The van der Waals surface area contributed by atoms with Gasteiger partial charge in [0.1, 0.15) is 0 Å². The molecule has 0 aliphatic carbocycles. The van der Waals surface area contributed by atoms with Gasteiger partial charge in [-0.15, -0.1) is 0 Å². The molecule has 0 saturated heterocycles. The Kier molecular flexibility index (Phi) is 4.45. The molecule has 1 aromatic heterocycles. The average molecular weight is 237 g/mol. The van der Waals surface area contributed by atoms with Gasteiger partial charge in [0.05, 0.1) is 17.8 Å². The van der Waals surface area contributed by atoms with Crippen molar-refractivity contribution in [3.8, 4) is 0 Å². The summed E-state index contributed by atoms with van der Waals surface area (Å²) in [6, 6.07) is 1.84. The van der Waals surface area contributed by atoms with E-state index in [4.69, 9.17) is 5.11 Å². The molecule has 0 spiro atoms. The number of hydrogen-bond donors (Lipinski definition) is 2. The van der Waals surface area contributed by atoms with Crippen LogP contribution in [0.25, 0.3) is 6.08 Å². The number of hydrogen-bond acceptors (Lipinski definition) is 3. The van der Waals surface area contributed by atoms with E-state index in [1.54, 1.807) is 30.8 Å². The predicted molar refractivity (Wildman–Crippen MR) is 66.2 cm³/mol. The molecule has 1 rings (SSSR count). The summed E-state index contributed by atoms with van der Waals surface area (Å²) in [5.74, 6) is -0.229. The number of nitrogens with one attached hydrogen (secondary N) is 1. The first-order valence-electron chi connectivity index (χ1n) is 5.61. The molecule has 1 heterocycles. The minimum Gasteiger partial charge on any atom is -0.394 e. The van der Waals surface area contributed by atoms with Gasteiger partial charge in [0, 0.05) is 18.8 Å². The molecule has 0 unspecified atom stereocenters. The van der Waals surface area contributed by atoms with Crippen LogP contribution >= 0.6 is 0 Å². The van der Waals surface area contributed by atoms with Crippen LogP contribution < -0.4 is 5.32 Å². The van der Waals surface area contributed by atoms with Gasteiger partial charge in [-0.3, -0.25) is 9.48 Å². The molecular weight excluding hydrogens is 218 g/mol. The van der Waals surface area contributed by atoms with E-state index in [2.05, 4.69) is 10.4 Å². The Balaban J connectivity index is 2.63. The summed E-state index contributed by atoms with van der Waals surface area (Å²) in [5.41, 5.74) is 0.274. The van der Waals surface area contributed by atoms with Crippen LogP contribution in [0.4, 0.5) is 0 Å². The first-order chi connectivity index (χ1) is 7.98. The third-order valence-corrected chi connectivity index (χ3v) is 2.31. The minimum atomic E-state index is -0.605. The predicted octanol–water partition coefficient (Wildman–Crippen LogP) is 0.803. The number of aliphatic hydroxyl groups excluding tert-OH is 1. The Morgan fingerprint density at radius 2 is 2.35 bits per heavy atom. The Morgan fingerprint density at radius 1 is 1.65 bits per heavy atom. The third-order valence-electron chi connectivity index (χ3n) is 2.31. The molecule has 94 valence electrons. The number of carbonyl (C=O) groups is 1. The molecule has 0 aliphatic rings. The van der Waals surface area contributed by atoms with Gasteiger partial charge < -0.3 is 10.4 Å². The molecule has 1 aromatic rings. The normalized spacial score (nSPS) is 12.0. The van der Waals surface area contributed by atoms with Gasteiger partial charge in [-0.1, -0.05) is 0 Å². The number of aromatic nitrogens is 2. The van der Waals surface area contributed by atoms with Crippen molar-refractivity contribution >= 4 is 12.0 Å². The van der Waals surface area contributed by atoms with E-state index >= 15 is 0 Å². The van der Waals surface area contributed by atoms with E-state index in [-0.39, 0.29) is 12.5 Å². The van der Waals surface area contributed by atoms with Gasteiger partial charge in [-0.05, 0) is 32.9 Å². The summed E-state index contributed by atoms with van der Waals surface area (Å²) in [6.07, 6.45) is 4.85. The maximum Gasteiger partial charge on any atom is 0.244 e. The van der Waals surface area contributed by atoms with Crippen molar-refractivity contribution in [3.63, 3.8) is 0 Å². The maximum atomic E-state index is 11.6. The molecule has 2 N–H and O–H groups in total. The monoisotopic (exact) mass is 237 g/mol. The Bertz CT molecular complexity index is 408. The highest BCUT2D eigenvalue weighted by Gasteiger charge is 2.17. The third kappa shape index (κ3) is 4.03. The molecule has 5 heteroatoms. The van der Waals surface area contributed by atoms with E-state index in [9.17, 15) is 4.79 Å². The van der Waals surface area contributed by atoms with Gasteiger partial charge in [0.25, 0.3) is 0 Å². The number of carbonyl (C=O) groups excluding carboxylic acids is 1. The van der Waals surface area contributed by atoms with E-state index in [1.165, 1.54) is 6.08 Å². The van der Waals surface area contributed by atoms with Crippen LogP contribution in [0.2, 0.25) is 0 Å². The Hall–Kier alpha value is -1.62. The van der Waals surface area contributed by atoms with Gasteiger partial charge in [0.2, 0.25) is 5.91 Å². The molecule has 0 bridgehead atoms. The highest BCUT2D eigenvalue weighted by Crippen LogP contribution is 2.03. The molecule has 0 radical (unpaired) electrons. The first kappa shape index (κ1) is 13.4. The van der Waals surface area contributed by atoms with Crippen LogP contribution in [0.3, 0.4) is 0 Å². The second-order valence-electron chi connectivity index (χ2n) is 4.44. The van der Waals surface area contributed by atoms with E-state index in [0.717, 1.165) is 12.2 Å². The zero-order valence-electron chi connectivity index (χ0n) is 10.5. The van der Waals surface area contributed by atoms with Crippen molar-refractivity contribution in [2.24, 2.45) is 0 Å². The lowest BCUT2D eigenvalue weighted by Gasteiger charge is -2.22. The van der Waals surface area contributed by atoms with Crippen LogP contribution in [0.15, 0.2) is 18.3 Å². The standard InChI is InChI=1S/C12H19N3O2/c1-4-15-10(7-8-13-15)5-6-11(17)14-12(2,3)9-16/h5-8,16H,4,9H2,1-3H3,(H,14,17)/b6-5+. The fourth-order valence-electron chi connectivity index (χ4n) is 1.32. The van der Waals surface area contributed by atoms with E-state index in [0.29, 0.717) is 0 Å². The Morgan fingerprint density at radius 3 is 2.94 bits per heavy atom. The zero-order chi connectivity index (χ0) is 12.9. The van der Waals surface area contributed by atoms with Crippen LogP contribution in [0, 0.1) is 0 Å². The summed E-state index contributed by atoms with van der Waals surface area (Å²) in [4.78, 5) is 11.6. The Labute approximate surface area is 101 Å². The quantitative estimate of drug-likeness (QED) is 0.744. The van der Waals surface area contributed by atoms with Crippen molar-refractivity contribution in [1.82, 2.24) is 15.1 Å². The highest BCUT2D eigenvalue weighted by molar-refractivity contribution is 5.91. The molecule has 0 atom stereocenters. The number of aryl methyl sites for hydroxylation is 1. The van der Waals surface area contributed by atoms with Gasteiger partial charge in [-0.2, -0.15) is 5.10 Å². The van der Waals surface area contributed by atoms with Crippen LogP contribution in [0.1, 0.15) is 26.5 Å². The molecule has 0 fully saturated rings. The highest BCUT2D eigenvalue weighted by atomic mass is 16.3. The lowest BCUT2D eigenvalue weighted by atomic mass is 10.1. The number of aliphatic hydroxyl groups is 1. The minimum absolute atomic E-state index is 0.0977. The lowest BCUT2D eigenvalue weighted by molar-refractivity contribution is -0.118. The smallest absolute Gasteiger partial charge is 0.244 e. The summed E-state index contributed by atoms with van der Waals surface area (Å²) in [6.45, 7) is 6.17. The van der Waals surface area contributed by atoms with E-state index < -0.39 is 5.54 Å². The fourth-order valence-corrected chi connectivity index (χ4v) is 1.32. The molecule has 1 amide bonds. The number of nitrogens with zero attached hydrogens (tertiary/aromatic N) is 2. The lowest BCUT2D eigenvalue weighted by Crippen LogP contribution is -2.45. The second-order valence-corrected chi connectivity index (χ2v) is 4.44. The molecule has 17 heavy (non-hydrogen) atoms. The molecule has 0 saturated carbocycles. The van der Waals surface area contributed by atoms with Crippen molar-refractivity contribution in [2.45, 2.75) is 32.9 Å². The van der Waals surface area contributed by atoms with Crippen LogP contribution in [-0.4, -0.2) is 32.9 Å². The molecule has 0 aliphatic heterocycles. The van der Waals surface area contributed by atoms with Crippen molar-refractivity contribution < 1.29 is 9.90 Å². The molecule has 5 nitrogen and oxygen atoms in total. The topological polar surface area (TPSA) is 67.2 Å². The van der Waals surface area contributed by atoms with Gasteiger partial charge in [-0.25, -0.2) is 0 Å². The SMILES string of the molecule is CCn1nccc1/C=C/C(=O)NC(C)(C)CO. The number of rotatable bonds is 5. The van der Waals surface area contributed by atoms with Crippen LogP contribution in [-0.2, 0) is 11.3 Å². The fraction of sp³-hybridized carbons (Fsp3) is 0.500. The largest absolute Gasteiger partial charge is 0.394 e. The van der Waals surface area contributed by atoms with Crippen molar-refractivity contribution in [2.75, 3.05) is 6.61 Å². The maximum absolute atomic E-state index is 11.6.